The van der Waals surface area contributed by atoms with Crippen molar-refractivity contribution in [3.05, 3.63) is 53.3 Å². The molecule has 0 aliphatic carbocycles. The molecule has 2 atom stereocenters. The summed E-state index contributed by atoms with van der Waals surface area (Å²) in [5, 5.41) is 10.3. The second-order valence-electron chi connectivity index (χ2n) is 8.22. The first kappa shape index (κ1) is 19.5. The number of likely N-dealkylation sites (tertiary alicyclic amines) is 1. The molecule has 7 heteroatoms. The average molecular weight is 393 g/mol. The number of carbonyl (C=O) groups is 2. The van der Waals surface area contributed by atoms with Gasteiger partial charge < -0.3 is 15.1 Å². The van der Waals surface area contributed by atoms with Gasteiger partial charge in [0, 0.05) is 36.9 Å². The maximum atomic E-state index is 13.3. The highest BCUT2D eigenvalue weighted by atomic mass is 16.2. The third-order valence-corrected chi connectivity index (χ3v) is 6.10. The van der Waals surface area contributed by atoms with E-state index in [1.165, 1.54) is 25.2 Å². The van der Waals surface area contributed by atoms with Crippen LogP contribution in [0.4, 0.5) is 5.69 Å². The van der Waals surface area contributed by atoms with Crippen molar-refractivity contribution in [3.63, 3.8) is 0 Å². The molecule has 2 fully saturated rings. The number of hydrogen-bond donors (Lipinski definition) is 1. The van der Waals surface area contributed by atoms with Crippen molar-refractivity contribution >= 4 is 17.5 Å². The second-order valence-corrected chi connectivity index (χ2v) is 8.22. The monoisotopic (exact) mass is 393 g/mol. The van der Waals surface area contributed by atoms with Crippen LogP contribution in [0.15, 0.2) is 36.7 Å². The number of aryl methyl sites for hydroxylation is 1. The van der Waals surface area contributed by atoms with E-state index in [0.717, 1.165) is 31.6 Å². The fraction of sp³-hybridized carbons (Fsp3) is 0.455. The van der Waals surface area contributed by atoms with Gasteiger partial charge in [0.05, 0.1) is 18.0 Å². The van der Waals surface area contributed by atoms with Gasteiger partial charge in [-0.05, 0) is 56.5 Å². The first-order valence-electron chi connectivity index (χ1n) is 10.2. The SMILES string of the molecule is Cc1ccc(C(=O)N2C[C@H]3CCC[C@@H](C2)N(C)C3)cc1NC(=O)c1ccnnc1. The van der Waals surface area contributed by atoms with Crippen molar-refractivity contribution in [2.24, 2.45) is 5.92 Å². The predicted molar refractivity (Wildman–Crippen MR) is 111 cm³/mol. The van der Waals surface area contributed by atoms with Gasteiger partial charge in [-0.2, -0.15) is 10.2 Å². The fourth-order valence-corrected chi connectivity index (χ4v) is 4.39. The molecule has 2 aliphatic rings. The number of amides is 2. The summed E-state index contributed by atoms with van der Waals surface area (Å²) in [4.78, 5) is 30.2. The molecule has 1 aromatic heterocycles. The van der Waals surface area contributed by atoms with Gasteiger partial charge >= 0.3 is 0 Å². The highest BCUT2D eigenvalue weighted by Crippen LogP contribution is 2.27. The molecule has 2 saturated heterocycles. The Bertz CT molecular complexity index is 901. The fourth-order valence-electron chi connectivity index (χ4n) is 4.39. The van der Waals surface area contributed by atoms with Gasteiger partial charge in [-0.25, -0.2) is 0 Å². The van der Waals surface area contributed by atoms with Crippen LogP contribution in [-0.4, -0.2) is 64.5 Å². The van der Waals surface area contributed by atoms with E-state index in [1.54, 1.807) is 12.1 Å². The summed E-state index contributed by atoms with van der Waals surface area (Å²) in [6.07, 6.45) is 6.47. The van der Waals surface area contributed by atoms with E-state index in [9.17, 15) is 9.59 Å². The number of hydrogen-bond acceptors (Lipinski definition) is 5. The molecule has 7 nitrogen and oxygen atoms in total. The summed E-state index contributed by atoms with van der Waals surface area (Å²) in [7, 11) is 2.17. The summed E-state index contributed by atoms with van der Waals surface area (Å²) in [5.41, 5.74) is 2.59. The third kappa shape index (κ3) is 4.29. The molecule has 2 amide bonds. The number of aromatic nitrogens is 2. The minimum absolute atomic E-state index is 0.0401. The smallest absolute Gasteiger partial charge is 0.257 e. The molecule has 0 saturated carbocycles. The first-order valence-corrected chi connectivity index (χ1v) is 10.2. The lowest BCUT2D eigenvalue weighted by Gasteiger charge is -2.30. The average Bonchev–Trinajstić information content (AvgIpc) is 2.98. The number of nitrogens with zero attached hydrogens (tertiary/aromatic N) is 4. The zero-order valence-corrected chi connectivity index (χ0v) is 17.0. The van der Waals surface area contributed by atoms with Gasteiger partial charge in [0.15, 0.2) is 0 Å². The summed E-state index contributed by atoms with van der Waals surface area (Å²) >= 11 is 0. The Morgan fingerprint density at radius 2 is 1.93 bits per heavy atom. The number of benzene rings is 1. The largest absolute Gasteiger partial charge is 0.337 e. The van der Waals surface area contributed by atoms with Gasteiger partial charge in [0.2, 0.25) is 0 Å². The Hall–Kier alpha value is -2.80. The van der Waals surface area contributed by atoms with E-state index < -0.39 is 0 Å². The van der Waals surface area contributed by atoms with Crippen molar-refractivity contribution in [3.8, 4) is 0 Å². The molecule has 0 radical (unpaired) electrons. The lowest BCUT2D eigenvalue weighted by molar-refractivity contribution is 0.0710. The number of carbonyl (C=O) groups excluding carboxylic acids is 2. The van der Waals surface area contributed by atoms with Crippen LogP contribution in [-0.2, 0) is 0 Å². The van der Waals surface area contributed by atoms with Crippen LogP contribution < -0.4 is 5.32 Å². The number of likely N-dealkylation sites (N-methyl/N-ethyl adjacent to an activating group) is 1. The second kappa shape index (κ2) is 8.29. The molecule has 2 aliphatic heterocycles. The molecule has 0 unspecified atom stereocenters. The lowest BCUT2D eigenvalue weighted by Crippen LogP contribution is -2.42. The van der Waals surface area contributed by atoms with Crippen molar-refractivity contribution in [1.29, 1.82) is 0 Å². The first-order chi connectivity index (χ1) is 14.0. The van der Waals surface area contributed by atoms with Gasteiger partial charge in [0.1, 0.15) is 0 Å². The maximum Gasteiger partial charge on any atom is 0.257 e. The van der Waals surface area contributed by atoms with Gasteiger partial charge in [-0.1, -0.05) is 12.5 Å². The number of fused-ring (bicyclic) bond motifs is 3. The van der Waals surface area contributed by atoms with Crippen LogP contribution in [0.1, 0.15) is 45.5 Å². The molecule has 29 heavy (non-hydrogen) atoms. The Labute approximate surface area is 171 Å². The number of rotatable bonds is 3. The zero-order valence-electron chi connectivity index (χ0n) is 17.0. The summed E-state index contributed by atoms with van der Waals surface area (Å²) in [6.45, 7) is 4.55. The van der Waals surface area contributed by atoms with E-state index in [2.05, 4.69) is 27.5 Å². The highest BCUT2D eigenvalue weighted by Gasteiger charge is 2.33. The van der Waals surface area contributed by atoms with Crippen LogP contribution in [0.5, 0.6) is 0 Å². The van der Waals surface area contributed by atoms with E-state index in [-0.39, 0.29) is 11.8 Å². The van der Waals surface area contributed by atoms with Crippen LogP contribution in [0.2, 0.25) is 0 Å². The minimum atomic E-state index is -0.265. The van der Waals surface area contributed by atoms with Gasteiger partial charge in [0.25, 0.3) is 11.8 Å². The Kier molecular flexibility index (Phi) is 5.58. The predicted octanol–water partition coefficient (Wildman–Crippen LogP) is 2.59. The van der Waals surface area contributed by atoms with E-state index >= 15 is 0 Å². The van der Waals surface area contributed by atoms with Crippen molar-refractivity contribution < 1.29 is 9.59 Å². The molecule has 2 aromatic rings. The Morgan fingerprint density at radius 3 is 2.72 bits per heavy atom. The van der Waals surface area contributed by atoms with Crippen LogP contribution in [0.3, 0.4) is 0 Å². The van der Waals surface area contributed by atoms with Gasteiger partial charge in [-0.3, -0.25) is 9.59 Å². The molecule has 1 N–H and O–H groups in total. The molecular weight excluding hydrogens is 366 g/mol. The molecular formula is C22H27N5O2. The Morgan fingerprint density at radius 1 is 1.07 bits per heavy atom. The van der Waals surface area contributed by atoms with E-state index in [4.69, 9.17) is 0 Å². The zero-order chi connectivity index (χ0) is 20.4. The van der Waals surface area contributed by atoms with Crippen molar-refractivity contribution in [2.45, 2.75) is 32.2 Å². The summed E-state index contributed by atoms with van der Waals surface area (Å²) < 4.78 is 0. The lowest BCUT2D eigenvalue weighted by atomic mass is 9.99. The molecule has 2 bridgehead atoms. The highest BCUT2D eigenvalue weighted by molar-refractivity contribution is 6.05. The number of anilines is 1. The number of nitrogens with one attached hydrogen (secondary N) is 1. The Balaban J connectivity index is 1.53. The van der Waals surface area contributed by atoms with Crippen molar-refractivity contribution in [2.75, 3.05) is 32.0 Å². The summed E-state index contributed by atoms with van der Waals surface area (Å²) in [5.74, 6) is 0.303. The molecule has 0 spiro atoms. The van der Waals surface area contributed by atoms with E-state index in [1.807, 2.05) is 24.0 Å². The van der Waals surface area contributed by atoms with Crippen LogP contribution >= 0.6 is 0 Å². The molecule has 4 rings (SSSR count). The molecule has 152 valence electrons. The van der Waals surface area contributed by atoms with Crippen LogP contribution in [0, 0.1) is 12.8 Å². The maximum absolute atomic E-state index is 13.3. The van der Waals surface area contributed by atoms with Gasteiger partial charge in [-0.15, -0.1) is 0 Å². The van der Waals surface area contributed by atoms with E-state index in [0.29, 0.717) is 28.8 Å². The molecule has 1 aromatic carbocycles. The summed E-state index contributed by atoms with van der Waals surface area (Å²) in [6, 6.07) is 7.56. The van der Waals surface area contributed by atoms with Crippen molar-refractivity contribution in [1.82, 2.24) is 20.0 Å². The third-order valence-electron chi connectivity index (χ3n) is 6.10. The normalized spacial score (nSPS) is 22.1. The topological polar surface area (TPSA) is 78.4 Å². The molecule has 3 heterocycles. The van der Waals surface area contributed by atoms with Crippen LogP contribution in [0.25, 0.3) is 0 Å². The minimum Gasteiger partial charge on any atom is -0.337 e. The standard InChI is InChI=1S/C22H27N5O2/c1-15-6-7-17(10-20(15)25-21(28)18-8-9-23-24-11-18)22(29)27-13-16-4-3-5-19(14-27)26(2)12-16/h6-11,16,19H,3-5,12-14H2,1-2H3,(H,25,28)/t16-,19-/m0/s1. The quantitative estimate of drug-likeness (QED) is 0.867.